The Balaban J connectivity index is 0.000000380. The number of carbonyl (C=O) groups is 4. The van der Waals surface area contributed by atoms with Crippen LogP contribution in [0.15, 0.2) is 0 Å². The van der Waals surface area contributed by atoms with E-state index < -0.39 is 59.5 Å². The van der Waals surface area contributed by atoms with Crippen molar-refractivity contribution in [2.24, 2.45) is 11.8 Å². The molecule has 0 aromatic heterocycles. The number of likely N-dealkylation sites (tertiary alicyclic amines) is 2. The number of rotatable bonds is 4. The quantitative estimate of drug-likeness (QED) is 0.377. The summed E-state index contributed by atoms with van der Waals surface area (Å²) in [5.41, 5.74) is -1.28. The van der Waals surface area contributed by atoms with E-state index >= 15 is 0 Å². The standard InChI is InChI=1S/2C13H22FNO4/c2*1-5-18-11(16)9-6-10(14)8-15(7-9)12(17)19-13(2,3)4/h2*9-10H,5-8H2,1-4H3/t2*9-,10+/m10/s1. The molecule has 0 saturated carbocycles. The van der Waals surface area contributed by atoms with Crippen LogP contribution in [0.1, 0.15) is 68.2 Å². The summed E-state index contributed by atoms with van der Waals surface area (Å²) in [7, 11) is 0. The highest BCUT2D eigenvalue weighted by Gasteiger charge is 2.37. The number of ether oxygens (including phenoxy) is 4. The van der Waals surface area contributed by atoms with Gasteiger partial charge in [-0.3, -0.25) is 9.59 Å². The Kier molecular flexibility index (Phi) is 12.7. The lowest BCUT2D eigenvalue weighted by atomic mass is 9.97. The molecule has 0 unspecified atom stereocenters. The number of nitrogens with zero attached hydrogens (tertiary/aromatic N) is 2. The van der Waals surface area contributed by atoms with Crippen LogP contribution in [0.2, 0.25) is 0 Å². The molecule has 220 valence electrons. The van der Waals surface area contributed by atoms with Crippen molar-refractivity contribution in [1.82, 2.24) is 9.80 Å². The van der Waals surface area contributed by atoms with Crippen molar-refractivity contribution in [3.8, 4) is 0 Å². The van der Waals surface area contributed by atoms with Crippen LogP contribution in [-0.2, 0) is 28.5 Å². The molecule has 2 heterocycles. The molecule has 0 bridgehead atoms. The minimum atomic E-state index is -1.23. The Morgan fingerprint density at radius 3 is 1.24 bits per heavy atom. The number of hydrogen-bond acceptors (Lipinski definition) is 8. The van der Waals surface area contributed by atoms with Gasteiger partial charge in [-0.05, 0) is 68.2 Å². The monoisotopic (exact) mass is 550 g/mol. The highest BCUT2D eigenvalue weighted by Crippen LogP contribution is 2.24. The lowest BCUT2D eigenvalue weighted by Crippen LogP contribution is -2.49. The van der Waals surface area contributed by atoms with Crippen molar-refractivity contribution in [1.29, 1.82) is 0 Å². The molecule has 0 aliphatic carbocycles. The van der Waals surface area contributed by atoms with Crippen LogP contribution in [-0.4, -0.2) is 96.9 Å². The van der Waals surface area contributed by atoms with E-state index in [2.05, 4.69) is 0 Å². The molecule has 0 aromatic carbocycles. The van der Waals surface area contributed by atoms with E-state index in [1.165, 1.54) is 9.80 Å². The Bertz CT molecular complexity index is 746. The summed E-state index contributed by atoms with van der Waals surface area (Å²) in [6.07, 6.45) is -3.45. The van der Waals surface area contributed by atoms with E-state index in [9.17, 15) is 28.0 Å². The summed E-state index contributed by atoms with van der Waals surface area (Å²) >= 11 is 0. The average molecular weight is 551 g/mol. The van der Waals surface area contributed by atoms with Gasteiger partial charge in [-0.15, -0.1) is 0 Å². The summed E-state index contributed by atoms with van der Waals surface area (Å²) < 4.78 is 47.4. The van der Waals surface area contributed by atoms with E-state index in [0.29, 0.717) is 0 Å². The summed E-state index contributed by atoms with van der Waals surface area (Å²) in [5, 5.41) is 0. The van der Waals surface area contributed by atoms with E-state index in [0.717, 1.165) is 0 Å². The zero-order valence-electron chi connectivity index (χ0n) is 23.9. The molecule has 2 saturated heterocycles. The van der Waals surface area contributed by atoms with E-state index in [1.807, 2.05) is 0 Å². The maximum Gasteiger partial charge on any atom is 0.410 e. The van der Waals surface area contributed by atoms with Gasteiger partial charge in [0.25, 0.3) is 0 Å². The van der Waals surface area contributed by atoms with Crippen LogP contribution in [0.5, 0.6) is 0 Å². The summed E-state index contributed by atoms with van der Waals surface area (Å²) in [6.45, 7) is 14.5. The number of carbonyl (C=O) groups excluding carboxylic acids is 4. The number of amides is 2. The first kappa shape index (κ1) is 33.4. The number of halogens is 2. The predicted octanol–water partition coefficient (Wildman–Crippen LogP) is 4.29. The molecule has 2 aliphatic rings. The molecule has 2 rings (SSSR count). The van der Waals surface area contributed by atoms with Crippen molar-refractivity contribution in [3.05, 3.63) is 0 Å². The third kappa shape index (κ3) is 12.3. The molecule has 2 amide bonds. The summed E-state index contributed by atoms with van der Waals surface area (Å²) in [4.78, 5) is 49.5. The second kappa shape index (κ2) is 14.5. The maximum atomic E-state index is 13.6. The van der Waals surface area contributed by atoms with Gasteiger partial charge in [0.2, 0.25) is 0 Å². The first-order chi connectivity index (χ1) is 17.5. The number of esters is 2. The molecular formula is C26H44F2N2O8. The zero-order valence-corrected chi connectivity index (χ0v) is 23.9. The minimum Gasteiger partial charge on any atom is -0.466 e. The lowest BCUT2D eigenvalue weighted by molar-refractivity contribution is -0.151. The third-order valence-electron chi connectivity index (χ3n) is 5.34. The molecule has 2 aliphatic heterocycles. The Hall–Kier alpha value is -2.66. The van der Waals surface area contributed by atoms with Gasteiger partial charge in [0.15, 0.2) is 0 Å². The first-order valence-electron chi connectivity index (χ1n) is 13.0. The van der Waals surface area contributed by atoms with Crippen molar-refractivity contribution in [2.45, 2.75) is 91.8 Å². The van der Waals surface area contributed by atoms with E-state index in [-0.39, 0.29) is 52.2 Å². The molecule has 2 fully saturated rings. The Morgan fingerprint density at radius 2 is 0.974 bits per heavy atom. The Labute approximate surface area is 224 Å². The third-order valence-corrected chi connectivity index (χ3v) is 5.34. The number of alkyl halides is 2. The van der Waals surface area contributed by atoms with Crippen molar-refractivity contribution >= 4 is 24.1 Å². The lowest BCUT2D eigenvalue weighted by Gasteiger charge is -2.34. The molecule has 12 heteroatoms. The maximum absolute atomic E-state index is 13.6. The second-order valence-corrected chi connectivity index (χ2v) is 11.3. The largest absolute Gasteiger partial charge is 0.466 e. The fourth-order valence-corrected chi connectivity index (χ4v) is 3.89. The smallest absolute Gasteiger partial charge is 0.410 e. The molecule has 10 nitrogen and oxygen atoms in total. The molecular weight excluding hydrogens is 506 g/mol. The highest BCUT2D eigenvalue weighted by atomic mass is 19.1. The Morgan fingerprint density at radius 1 is 0.658 bits per heavy atom. The van der Waals surface area contributed by atoms with Crippen molar-refractivity contribution < 1.29 is 46.9 Å². The van der Waals surface area contributed by atoms with Crippen LogP contribution in [0, 0.1) is 11.8 Å². The summed E-state index contributed by atoms with van der Waals surface area (Å²) in [6, 6.07) is 0. The summed E-state index contributed by atoms with van der Waals surface area (Å²) in [5.74, 6) is -2.15. The molecule has 0 N–H and O–H groups in total. The van der Waals surface area contributed by atoms with Gasteiger partial charge in [0.05, 0.1) is 38.1 Å². The number of hydrogen-bond donors (Lipinski definition) is 0. The number of piperidine rings is 2. The van der Waals surface area contributed by atoms with Crippen molar-refractivity contribution in [2.75, 3.05) is 39.4 Å². The molecule has 0 aromatic rings. The van der Waals surface area contributed by atoms with Crippen LogP contribution in [0.25, 0.3) is 0 Å². The van der Waals surface area contributed by atoms with Crippen LogP contribution >= 0.6 is 0 Å². The van der Waals surface area contributed by atoms with Gasteiger partial charge in [-0.1, -0.05) is 0 Å². The average Bonchev–Trinajstić information content (AvgIpc) is 2.76. The minimum absolute atomic E-state index is 0.0369. The van der Waals surface area contributed by atoms with Gasteiger partial charge < -0.3 is 28.7 Å². The van der Waals surface area contributed by atoms with Gasteiger partial charge in [-0.2, -0.15) is 0 Å². The van der Waals surface area contributed by atoms with Crippen LogP contribution in [0.4, 0.5) is 18.4 Å². The topological polar surface area (TPSA) is 112 Å². The van der Waals surface area contributed by atoms with Gasteiger partial charge >= 0.3 is 24.1 Å². The fourth-order valence-electron chi connectivity index (χ4n) is 3.89. The molecule has 38 heavy (non-hydrogen) atoms. The predicted molar refractivity (Wildman–Crippen MR) is 135 cm³/mol. The first-order valence-corrected chi connectivity index (χ1v) is 13.0. The molecule has 0 spiro atoms. The fraction of sp³-hybridized carbons (Fsp3) is 0.846. The van der Waals surface area contributed by atoms with Crippen LogP contribution in [0.3, 0.4) is 0 Å². The van der Waals surface area contributed by atoms with Crippen LogP contribution < -0.4 is 0 Å². The molecule has 0 radical (unpaired) electrons. The zero-order chi connectivity index (χ0) is 29.3. The van der Waals surface area contributed by atoms with Gasteiger partial charge in [0.1, 0.15) is 23.5 Å². The van der Waals surface area contributed by atoms with Gasteiger partial charge in [0, 0.05) is 13.1 Å². The normalized spacial score (nSPS) is 23.9. The highest BCUT2D eigenvalue weighted by molar-refractivity contribution is 5.75. The second-order valence-electron chi connectivity index (χ2n) is 11.3. The van der Waals surface area contributed by atoms with E-state index in [1.54, 1.807) is 55.4 Å². The SMILES string of the molecule is CCOC(=O)[C@@H]1C[C@H](F)CN(C(=O)OC(C)(C)C)C1.CCOC(=O)[C@H]1C[C@@H](F)CN(C(=O)OC(C)(C)C)C1. The van der Waals surface area contributed by atoms with Gasteiger partial charge in [-0.25, -0.2) is 18.4 Å². The molecule has 4 atom stereocenters. The van der Waals surface area contributed by atoms with E-state index in [4.69, 9.17) is 18.9 Å². The van der Waals surface area contributed by atoms with Crippen molar-refractivity contribution in [3.63, 3.8) is 0 Å².